The van der Waals surface area contributed by atoms with E-state index in [2.05, 4.69) is 4.98 Å². The largest absolute Gasteiger partial charge is 0.443 e. The lowest BCUT2D eigenvalue weighted by Gasteiger charge is -2.19. The predicted octanol–water partition coefficient (Wildman–Crippen LogP) is 2.71. The van der Waals surface area contributed by atoms with Gasteiger partial charge in [-0.1, -0.05) is 0 Å². The summed E-state index contributed by atoms with van der Waals surface area (Å²) in [5.74, 6) is 0. The molecule has 0 saturated heterocycles. The Balaban J connectivity index is 2.49. The van der Waals surface area contributed by atoms with E-state index < -0.39 is 11.7 Å². The predicted molar refractivity (Wildman–Crippen MR) is 70.5 cm³/mol. The zero-order valence-electron chi connectivity index (χ0n) is 11.0. The van der Waals surface area contributed by atoms with Gasteiger partial charge in [-0.2, -0.15) is 0 Å². The average molecular weight is 247 g/mol. The fourth-order valence-corrected chi connectivity index (χ4v) is 1.73. The Bertz CT molecular complexity index is 608. The summed E-state index contributed by atoms with van der Waals surface area (Å²) < 4.78 is 6.74. The highest BCUT2D eigenvalue weighted by molar-refractivity contribution is 5.90. The zero-order valence-corrected chi connectivity index (χ0v) is 11.0. The number of nitrogens with two attached hydrogens (primary N) is 1. The minimum absolute atomic E-state index is 0.433. The Morgan fingerprint density at radius 1 is 1.44 bits per heavy atom. The molecule has 0 aromatic carbocycles. The van der Waals surface area contributed by atoms with E-state index in [0.29, 0.717) is 11.3 Å². The van der Waals surface area contributed by atoms with Crippen LogP contribution in [0, 0.1) is 6.92 Å². The zero-order chi connectivity index (χ0) is 13.5. The molecule has 96 valence electrons. The number of anilines is 1. The number of carbonyl (C=O) groups is 1. The minimum Gasteiger partial charge on any atom is -0.443 e. The Morgan fingerprint density at radius 2 is 2.11 bits per heavy atom. The third-order valence-electron chi connectivity index (χ3n) is 2.45. The van der Waals surface area contributed by atoms with E-state index in [-0.39, 0.29) is 0 Å². The van der Waals surface area contributed by atoms with Crippen molar-refractivity contribution in [1.29, 1.82) is 0 Å². The first-order valence-electron chi connectivity index (χ1n) is 5.74. The van der Waals surface area contributed by atoms with Gasteiger partial charge in [0.05, 0.1) is 11.9 Å². The molecule has 2 N–H and O–H groups in total. The SMILES string of the molecule is Cc1cn(C(=O)OC(C)(C)C)c2ncc(N)cc12. The number of nitrogens with zero attached hydrogens (tertiary/aromatic N) is 2. The lowest BCUT2D eigenvalue weighted by molar-refractivity contribution is 0.0543. The van der Waals surface area contributed by atoms with Gasteiger partial charge in [0.2, 0.25) is 0 Å². The molecule has 5 heteroatoms. The van der Waals surface area contributed by atoms with Crippen molar-refractivity contribution >= 4 is 22.8 Å². The number of pyridine rings is 1. The van der Waals surface area contributed by atoms with Crippen molar-refractivity contribution in [2.24, 2.45) is 0 Å². The summed E-state index contributed by atoms with van der Waals surface area (Å²) in [6.07, 6.45) is 2.81. The number of aryl methyl sites for hydroxylation is 1. The highest BCUT2D eigenvalue weighted by Crippen LogP contribution is 2.22. The summed E-state index contributed by atoms with van der Waals surface area (Å²) in [4.78, 5) is 16.2. The monoisotopic (exact) mass is 247 g/mol. The maximum Gasteiger partial charge on any atom is 0.420 e. The summed E-state index contributed by atoms with van der Waals surface area (Å²) in [6.45, 7) is 7.39. The molecule has 0 unspecified atom stereocenters. The van der Waals surface area contributed by atoms with Gasteiger partial charge in [-0.15, -0.1) is 0 Å². The first-order chi connectivity index (χ1) is 8.28. The van der Waals surface area contributed by atoms with Crippen LogP contribution in [-0.4, -0.2) is 21.2 Å². The molecule has 2 rings (SSSR count). The van der Waals surface area contributed by atoms with Crippen molar-refractivity contribution < 1.29 is 9.53 Å². The second kappa shape index (κ2) is 4.01. The van der Waals surface area contributed by atoms with Crippen LogP contribution >= 0.6 is 0 Å². The van der Waals surface area contributed by atoms with Crippen LogP contribution in [0.2, 0.25) is 0 Å². The Morgan fingerprint density at radius 3 is 2.72 bits per heavy atom. The maximum atomic E-state index is 12.0. The molecule has 2 heterocycles. The number of hydrogen-bond donors (Lipinski definition) is 1. The lowest BCUT2D eigenvalue weighted by atomic mass is 10.2. The maximum absolute atomic E-state index is 12.0. The van der Waals surface area contributed by atoms with Gasteiger partial charge in [0.25, 0.3) is 0 Å². The highest BCUT2D eigenvalue weighted by atomic mass is 16.6. The lowest BCUT2D eigenvalue weighted by Crippen LogP contribution is -2.26. The summed E-state index contributed by atoms with van der Waals surface area (Å²) >= 11 is 0. The van der Waals surface area contributed by atoms with Crippen LogP contribution in [0.1, 0.15) is 26.3 Å². The van der Waals surface area contributed by atoms with Gasteiger partial charge < -0.3 is 10.5 Å². The van der Waals surface area contributed by atoms with Crippen molar-refractivity contribution in [2.45, 2.75) is 33.3 Å². The van der Waals surface area contributed by atoms with Gasteiger partial charge in [0.1, 0.15) is 11.2 Å². The molecule has 0 radical (unpaired) electrons. The van der Waals surface area contributed by atoms with Crippen LogP contribution in [0.15, 0.2) is 18.5 Å². The molecular weight excluding hydrogens is 230 g/mol. The standard InChI is InChI=1S/C13H17N3O2/c1-8-7-16(12(17)18-13(2,3)4)11-10(8)5-9(14)6-15-11/h5-7H,14H2,1-4H3. The Kier molecular flexibility index (Phi) is 2.77. The third kappa shape index (κ3) is 2.30. The minimum atomic E-state index is -0.532. The molecule has 0 fully saturated rings. The molecule has 0 amide bonds. The molecule has 0 atom stereocenters. The Hall–Kier alpha value is -2.04. The van der Waals surface area contributed by atoms with Gasteiger partial charge in [0.15, 0.2) is 0 Å². The van der Waals surface area contributed by atoms with Gasteiger partial charge in [-0.05, 0) is 39.3 Å². The van der Waals surface area contributed by atoms with Crippen LogP contribution in [0.25, 0.3) is 11.0 Å². The topological polar surface area (TPSA) is 70.1 Å². The number of nitrogen functional groups attached to an aromatic ring is 1. The number of hydrogen-bond acceptors (Lipinski definition) is 4. The van der Waals surface area contributed by atoms with Gasteiger partial charge in [-0.25, -0.2) is 14.3 Å². The second-order valence-electron chi connectivity index (χ2n) is 5.30. The van der Waals surface area contributed by atoms with E-state index in [1.54, 1.807) is 12.3 Å². The van der Waals surface area contributed by atoms with Crippen LogP contribution in [-0.2, 0) is 4.74 Å². The smallest absolute Gasteiger partial charge is 0.420 e. The third-order valence-corrected chi connectivity index (χ3v) is 2.45. The van der Waals surface area contributed by atoms with E-state index in [0.717, 1.165) is 10.9 Å². The summed E-state index contributed by atoms with van der Waals surface area (Å²) in [6, 6.07) is 1.80. The molecule has 0 saturated carbocycles. The van der Waals surface area contributed by atoms with Crippen molar-refractivity contribution in [1.82, 2.24) is 9.55 Å². The van der Waals surface area contributed by atoms with E-state index >= 15 is 0 Å². The Labute approximate surface area is 106 Å². The molecule has 2 aromatic rings. The van der Waals surface area contributed by atoms with Crippen LogP contribution in [0.5, 0.6) is 0 Å². The number of aromatic nitrogens is 2. The molecule has 0 aliphatic carbocycles. The normalized spacial score (nSPS) is 11.8. The fourth-order valence-electron chi connectivity index (χ4n) is 1.73. The highest BCUT2D eigenvalue weighted by Gasteiger charge is 2.20. The summed E-state index contributed by atoms with van der Waals surface area (Å²) in [7, 11) is 0. The van der Waals surface area contributed by atoms with E-state index in [1.165, 1.54) is 10.8 Å². The fraction of sp³-hybridized carbons (Fsp3) is 0.385. The van der Waals surface area contributed by atoms with Gasteiger partial charge >= 0.3 is 6.09 Å². The average Bonchev–Trinajstić information content (AvgIpc) is 2.54. The van der Waals surface area contributed by atoms with E-state index in [4.69, 9.17) is 10.5 Å². The van der Waals surface area contributed by atoms with Crippen molar-refractivity contribution in [3.05, 3.63) is 24.0 Å². The number of fused-ring (bicyclic) bond motifs is 1. The summed E-state index contributed by atoms with van der Waals surface area (Å²) in [5, 5.41) is 0.862. The van der Waals surface area contributed by atoms with Gasteiger partial charge in [-0.3, -0.25) is 0 Å². The van der Waals surface area contributed by atoms with Gasteiger partial charge in [0, 0.05) is 11.6 Å². The number of carbonyl (C=O) groups excluding carboxylic acids is 1. The first-order valence-corrected chi connectivity index (χ1v) is 5.74. The molecule has 18 heavy (non-hydrogen) atoms. The van der Waals surface area contributed by atoms with Crippen LogP contribution in [0.4, 0.5) is 10.5 Å². The molecule has 0 spiro atoms. The van der Waals surface area contributed by atoms with Crippen LogP contribution in [0.3, 0.4) is 0 Å². The van der Waals surface area contributed by atoms with Crippen molar-refractivity contribution in [2.75, 3.05) is 5.73 Å². The van der Waals surface area contributed by atoms with Crippen molar-refractivity contribution in [3.8, 4) is 0 Å². The molecule has 0 bridgehead atoms. The molecule has 5 nitrogen and oxygen atoms in total. The van der Waals surface area contributed by atoms with Crippen molar-refractivity contribution in [3.63, 3.8) is 0 Å². The van der Waals surface area contributed by atoms with E-state index in [9.17, 15) is 4.79 Å². The summed E-state index contributed by atoms with van der Waals surface area (Å²) in [5.41, 5.74) is 7.24. The molecule has 0 aliphatic rings. The molecular formula is C13H17N3O2. The quantitative estimate of drug-likeness (QED) is 0.777. The van der Waals surface area contributed by atoms with Crippen LogP contribution < -0.4 is 5.73 Å². The second-order valence-corrected chi connectivity index (χ2v) is 5.30. The first kappa shape index (κ1) is 12.4. The molecule has 2 aromatic heterocycles. The molecule has 0 aliphatic heterocycles. The number of rotatable bonds is 0. The van der Waals surface area contributed by atoms with E-state index in [1.807, 2.05) is 27.7 Å². The number of ether oxygens (including phenoxy) is 1.